The largest absolute Gasteiger partial charge is 0.463 e. The quantitative estimate of drug-likeness (QED) is 0.0714. The molecule has 0 radical (unpaired) electrons. The summed E-state index contributed by atoms with van der Waals surface area (Å²) >= 11 is 1.74. The van der Waals surface area contributed by atoms with Crippen molar-refractivity contribution in [1.82, 2.24) is 4.90 Å². The van der Waals surface area contributed by atoms with E-state index in [1.54, 1.807) is 0 Å². The molecule has 66 heavy (non-hydrogen) atoms. The van der Waals surface area contributed by atoms with Crippen LogP contribution in [-0.4, -0.2) is 167 Å². The van der Waals surface area contributed by atoms with Crippen molar-refractivity contribution in [3.05, 3.63) is 0 Å². The van der Waals surface area contributed by atoms with Gasteiger partial charge in [-0.1, -0.05) is 0 Å². The van der Waals surface area contributed by atoms with E-state index >= 15 is 0 Å². The second-order valence-electron chi connectivity index (χ2n) is 14.7. The van der Waals surface area contributed by atoms with Crippen LogP contribution in [0.5, 0.6) is 0 Å². The summed E-state index contributed by atoms with van der Waals surface area (Å²) in [5, 5.41) is 0. The van der Waals surface area contributed by atoms with Crippen molar-refractivity contribution in [1.29, 1.82) is 0 Å². The minimum atomic E-state index is -1.47. The van der Waals surface area contributed by atoms with Crippen molar-refractivity contribution in [2.75, 3.05) is 31.3 Å². The number of amides is 3. The molecule has 2 rings (SSSR count). The van der Waals surface area contributed by atoms with Gasteiger partial charge in [-0.05, 0) is 25.8 Å². The highest BCUT2D eigenvalue weighted by Crippen LogP contribution is 2.36. The summed E-state index contributed by atoms with van der Waals surface area (Å²) in [6, 6.07) is -1.44. The minimum Gasteiger partial charge on any atom is -0.463 e. The Hall–Kier alpha value is -5.05. The second-order valence-corrected chi connectivity index (χ2v) is 17.1. The van der Waals surface area contributed by atoms with Gasteiger partial charge in [0.1, 0.15) is 42.3 Å². The zero-order chi connectivity index (χ0) is 49.8. The zero-order valence-corrected chi connectivity index (χ0v) is 39.5. The molecule has 0 saturated carbocycles. The molecule has 26 heteroatoms. The smallest absolute Gasteiger partial charge is 0.303 e. The minimum absolute atomic E-state index is 0.0519. The van der Waals surface area contributed by atoms with Crippen molar-refractivity contribution >= 4 is 89.0 Å². The van der Waals surface area contributed by atoms with Gasteiger partial charge in [0.15, 0.2) is 36.6 Å². The van der Waals surface area contributed by atoms with E-state index in [-0.39, 0.29) is 24.5 Å². The third-order valence-electron chi connectivity index (χ3n) is 9.20. The molecule has 2 heterocycles. The van der Waals surface area contributed by atoms with Gasteiger partial charge >= 0.3 is 47.8 Å². The molecule has 0 bridgehead atoms. The van der Waals surface area contributed by atoms with Gasteiger partial charge in [-0.25, -0.2) is 0 Å². The Morgan fingerprint density at radius 2 is 0.833 bits per heavy atom. The van der Waals surface area contributed by atoms with Gasteiger partial charge in [0.2, 0.25) is 17.7 Å². The van der Waals surface area contributed by atoms with Crippen molar-refractivity contribution in [3.63, 3.8) is 0 Å². The summed E-state index contributed by atoms with van der Waals surface area (Å²) in [4.78, 5) is 139. The number of thioether (sulfide) groups is 2. The predicted molar refractivity (Wildman–Crippen MR) is 226 cm³/mol. The van der Waals surface area contributed by atoms with E-state index in [0.717, 1.165) is 83.8 Å². The molecule has 3 amide bonds. The van der Waals surface area contributed by atoms with E-state index < -0.39 is 157 Å². The van der Waals surface area contributed by atoms with Crippen molar-refractivity contribution < 1.29 is 100 Å². The van der Waals surface area contributed by atoms with Gasteiger partial charge in [0.25, 0.3) is 0 Å². The van der Waals surface area contributed by atoms with Crippen molar-refractivity contribution in [2.24, 2.45) is 11.5 Å². The van der Waals surface area contributed by atoms with Gasteiger partial charge in [0, 0.05) is 79.7 Å². The lowest BCUT2D eigenvalue weighted by Gasteiger charge is -2.44. The van der Waals surface area contributed by atoms with Crippen LogP contribution < -0.4 is 11.5 Å². The molecular formula is C40H59N3O21S2. The maximum absolute atomic E-state index is 14.1. The zero-order valence-electron chi connectivity index (χ0n) is 37.9. The van der Waals surface area contributed by atoms with Crippen LogP contribution in [0.1, 0.15) is 87.5 Å². The van der Waals surface area contributed by atoms with Crippen molar-refractivity contribution in [3.8, 4) is 0 Å². The van der Waals surface area contributed by atoms with Crippen LogP contribution in [0.25, 0.3) is 0 Å². The van der Waals surface area contributed by atoms with Crippen molar-refractivity contribution in [2.45, 2.75) is 153 Å². The first-order valence-corrected chi connectivity index (χ1v) is 22.7. The summed E-state index contributed by atoms with van der Waals surface area (Å²) < 4.78 is 55.1. The Kier molecular flexibility index (Phi) is 24.4. The number of esters is 8. The van der Waals surface area contributed by atoms with Gasteiger partial charge in [0.05, 0.1) is 0 Å². The fraction of sp³-hybridized carbons (Fsp3) is 0.725. The third-order valence-corrected chi connectivity index (χ3v) is 11.5. The fourth-order valence-electron chi connectivity index (χ4n) is 6.78. The van der Waals surface area contributed by atoms with E-state index in [4.69, 9.17) is 58.8 Å². The molecule has 24 nitrogen and oxygen atoms in total. The van der Waals surface area contributed by atoms with E-state index in [9.17, 15) is 52.7 Å². The second kappa shape index (κ2) is 28.2. The van der Waals surface area contributed by atoms with Crippen LogP contribution in [0.3, 0.4) is 0 Å². The number of hydrogen-bond acceptors (Lipinski definition) is 24. The summed E-state index contributed by atoms with van der Waals surface area (Å²) in [6.45, 7) is 7.86. The molecule has 0 aliphatic carbocycles. The average Bonchev–Trinajstić information content (AvgIpc) is 3.19. The molecule has 2 fully saturated rings. The first-order valence-electron chi connectivity index (χ1n) is 20.7. The standard InChI is InChI=1S/C40H59N3O21S2/c1-19(44)55-17-28-32(57-21(3)46)34(59-23(5)48)36(61-25(7)50)39(63-28)65-15-12-30(52)43(27(38(42)54)11-9-10-14-41)31(53)13-16-66-40-37(62-26(8)51)35(60-24(6)49)33(58-22(4)47)29(64-40)18-56-20(2)45/h27-29,32-37,39-40H,9-18,41H2,1-8H3,(H2,42,54)/t27-,28+,29+,32+,33+,34-,35-,36-,37-,39+,40+/m0/s1. The average molecular weight is 982 g/mol. The molecule has 0 aromatic carbocycles. The molecule has 372 valence electrons. The number of nitrogens with zero attached hydrogens (tertiary/aromatic N) is 1. The van der Waals surface area contributed by atoms with Crippen LogP contribution in [-0.2, 0) is 100 Å². The normalized spacial score (nSPS) is 25.1. The first kappa shape index (κ1) is 57.1. The van der Waals surface area contributed by atoms with Gasteiger partial charge in [-0.3, -0.25) is 57.6 Å². The van der Waals surface area contributed by atoms with E-state index in [2.05, 4.69) is 0 Å². The molecule has 11 atom stereocenters. The molecular weight excluding hydrogens is 923 g/mol. The van der Waals surface area contributed by atoms with Crippen LogP contribution >= 0.6 is 23.5 Å². The Morgan fingerprint density at radius 3 is 1.14 bits per heavy atom. The van der Waals surface area contributed by atoms with Crippen LogP contribution in [0.2, 0.25) is 0 Å². The molecule has 0 aromatic heterocycles. The lowest BCUT2D eigenvalue weighted by Crippen LogP contribution is -2.61. The Balaban J connectivity index is 2.46. The number of carbonyl (C=O) groups excluding carboxylic acids is 11. The number of hydrogen-bond donors (Lipinski definition) is 2. The van der Waals surface area contributed by atoms with Crippen LogP contribution in [0.15, 0.2) is 0 Å². The SMILES string of the molecule is CC(=O)OC[C@H]1O[C@H](SCCC(=O)N(C(=O)CCS[C@H]2O[C@H](COC(C)=O)[C@@H](OC(C)=O)[C@H](OC(C)=O)[C@@H]2OC(C)=O)[C@@H](CCCCN)C(N)=O)[C@@H](OC(C)=O)[C@@H](OC(C)=O)[C@@H]1OC(C)=O. The number of nitrogens with two attached hydrogens (primary N) is 2. The highest BCUT2D eigenvalue weighted by atomic mass is 32.2. The summed E-state index contributed by atoms with van der Waals surface area (Å²) in [7, 11) is 0. The fourth-order valence-corrected chi connectivity index (χ4v) is 9.07. The Bertz CT molecular complexity index is 1660. The molecule has 2 aliphatic rings. The van der Waals surface area contributed by atoms with Gasteiger partial charge in [-0.2, -0.15) is 0 Å². The number of imide groups is 1. The third kappa shape index (κ3) is 19.0. The molecule has 0 aromatic rings. The molecule has 0 spiro atoms. The lowest BCUT2D eigenvalue weighted by atomic mass is 9.99. The first-order chi connectivity index (χ1) is 31.0. The maximum Gasteiger partial charge on any atom is 0.303 e. The molecule has 4 N–H and O–H groups in total. The number of unbranched alkanes of at least 4 members (excludes halogenated alkanes) is 1. The van der Waals surface area contributed by atoms with Gasteiger partial charge < -0.3 is 58.8 Å². The maximum atomic E-state index is 14.1. The van der Waals surface area contributed by atoms with E-state index in [0.29, 0.717) is 12.8 Å². The molecule has 2 saturated heterocycles. The lowest BCUT2D eigenvalue weighted by molar-refractivity contribution is -0.237. The highest BCUT2D eigenvalue weighted by molar-refractivity contribution is 8.00. The molecule has 2 aliphatic heterocycles. The van der Waals surface area contributed by atoms with Crippen LogP contribution in [0, 0.1) is 0 Å². The Labute approximate surface area is 389 Å². The molecule has 0 unspecified atom stereocenters. The Morgan fingerprint density at radius 1 is 0.500 bits per heavy atom. The highest BCUT2D eigenvalue weighted by Gasteiger charge is 2.54. The monoisotopic (exact) mass is 981 g/mol. The number of ether oxygens (including phenoxy) is 10. The number of carbonyl (C=O) groups is 11. The number of primary amides is 1. The number of rotatable bonds is 24. The van der Waals surface area contributed by atoms with Crippen LogP contribution in [0.4, 0.5) is 0 Å². The van der Waals surface area contributed by atoms with Gasteiger partial charge in [-0.15, -0.1) is 23.5 Å². The summed E-state index contributed by atoms with van der Waals surface area (Å²) in [5.74, 6) is -9.63. The topological polar surface area (TPSA) is 335 Å². The summed E-state index contributed by atoms with van der Waals surface area (Å²) in [6.07, 6.45) is -11.5. The predicted octanol–water partition coefficient (Wildman–Crippen LogP) is -0.263. The van der Waals surface area contributed by atoms with E-state index in [1.807, 2.05) is 0 Å². The van der Waals surface area contributed by atoms with E-state index in [1.165, 1.54) is 0 Å². The summed E-state index contributed by atoms with van der Waals surface area (Å²) in [5.41, 5.74) is 8.91.